The number of nitro benzene ring substituents is 1. The van der Waals surface area contributed by atoms with Crippen molar-refractivity contribution < 1.29 is 14.5 Å². The third kappa shape index (κ3) is 3.55. The number of fused-ring (bicyclic) bond motifs is 1. The number of esters is 1. The number of hydrogen-bond acceptors (Lipinski definition) is 7. The minimum atomic E-state index is -0.446. The second-order valence-corrected chi connectivity index (χ2v) is 5.90. The maximum absolute atomic E-state index is 11.3. The lowest BCUT2D eigenvalue weighted by molar-refractivity contribution is -0.384. The molecular weight excluding hydrogens is 300 g/mol. The fraction of sp³-hybridized carbons (Fsp3) is 0.167. The van der Waals surface area contributed by atoms with E-state index in [2.05, 4.69) is 11.6 Å². The van der Waals surface area contributed by atoms with E-state index in [0.29, 0.717) is 9.86 Å². The molecule has 1 heterocycles. The van der Waals surface area contributed by atoms with Gasteiger partial charge in [-0.15, -0.1) is 11.3 Å². The number of non-ortho nitro benzene ring substituents is 1. The average molecular weight is 310 g/mol. The Hall–Kier alpha value is -1.93. The zero-order valence-corrected chi connectivity index (χ0v) is 11.9. The monoisotopic (exact) mass is 310 g/mol. The van der Waals surface area contributed by atoms with E-state index in [1.807, 2.05) is 0 Å². The van der Waals surface area contributed by atoms with Gasteiger partial charge in [-0.25, -0.2) is 4.98 Å². The van der Waals surface area contributed by atoms with E-state index in [1.165, 1.54) is 41.3 Å². The molecule has 1 aromatic heterocycles. The molecule has 0 aliphatic rings. The van der Waals surface area contributed by atoms with Crippen LogP contribution in [0.4, 0.5) is 5.69 Å². The summed E-state index contributed by atoms with van der Waals surface area (Å²) in [6.07, 6.45) is 1.50. The van der Waals surface area contributed by atoms with E-state index in [9.17, 15) is 14.9 Å². The number of aromatic nitrogens is 1. The number of ether oxygens (including phenoxy) is 1. The first-order chi connectivity index (χ1) is 9.60. The number of nitro groups is 1. The van der Waals surface area contributed by atoms with Crippen molar-refractivity contribution in [3.8, 4) is 0 Å². The minimum Gasteiger partial charge on any atom is -0.461 e. The molecule has 0 aliphatic heterocycles. The number of benzene rings is 1. The van der Waals surface area contributed by atoms with Crippen LogP contribution >= 0.6 is 23.1 Å². The molecule has 0 saturated heterocycles. The summed E-state index contributed by atoms with van der Waals surface area (Å²) in [5, 5.41) is 10.7. The summed E-state index contributed by atoms with van der Waals surface area (Å²) in [6.45, 7) is 3.64. The Morgan fingerprint density at radius 1 is 1.60 bits per heavy atom. The summed E-state index contributed by atoms with van der Waals surface area (Å²) >= 11 is 2.56. The summed E-state index contributed by atoms with van der Waals surface area (Å²) in [7, 11) is 0. The van der Waals surface area contributed by atoms with Crippen LogP contribution in [-0.2, 0) is 9.53 Å². The normalized spacial score (nSPS) is 10.4. The molecule has 0 amide bonds. The van der Waals surface area contributed by atoms with Gasteiger partial charge in [0.05, 0.1) is 20.9 Å². The van der Waals surface area contributed by atoms with Gasteiger partial charge >= 0.3 is 5.97 Å². The molecule has 2 rings (SSSR count). The number of rotatable bonds is 6. The Balaban J connectivity index is 2.06. The summed E-state index contributed by atoms with van der Waals surface area (Å²) in [5.74, 6) is -0.199. The molecule has 6 nitrogen and oxygen atoms in total. The van der Waals surface area contributed by atoms with E-state index in [-0.39, 0.29) is 24.0 Å². The smallest absolute Gasteiger partial charge is 0.316 e. The largest absolute Gasteiger partial charge is 0.461 e. The third-order valence-corrected chi connectivity index (χ3v) is 4.37. The summed E-state index contributed by atoms with van der Waals surface area (Å²) in [6, 6.07) is 4.49. The van der Waals surface area contributed by atoms with Crippen LogP contribution in [-0.4, -0.2) is 28.2 Å². The highest BCUT2D eigenvalue weighted by atomic mass is 32.2. The first kappa shape index (κ1) is 14.5. The van der Waals surface area contributed by atoms with Gasteiger partial charge in [0, 0.05) is 12.1 Å². The highest BCUT2D eigenvalue weighted by Gasteiger charge is 2.12. The standard InChI is InChI=1S/C12H10N2O4S2/c1-2-5-18-11(15)7-19-12-13-9-4-3-8(14(16)17)6-10(9)20-12/h2-4,6H,1,5,7H2. The molecule has 0 fully saturated rings. The van der Waals surface area contributed by atoms with Crippen LogP contribution < -0.4 is 0 Å². The number of nitrogens with zero attached hydrogens (tertiary/aromatic N) is 2. The van der Waals surface area contributed by atoms with Gasteiger partial charge in [-0.1, -0.05) is 24.4 Å². The number of carbonyl (C=O) groups is 1. The van der Waals surface area contributed by atoms with Crippen molar-refractivity contribution in [3.05, 3.63) is 41.0 Å². The first-order valence-electron chi connectivity index (χ1n) is 5.54. The van der Waals surface area contributed by atoms with Crippen LogP contribution in [0, 0.1) is 10.1 Å². The SMILES string of the molecule is C=CCOC(=O)CSc1nc2ccc([N+](=O)[O-])cc2s1. The van der Waals surface area contributed by atoms with Crippen molar-refractivity contribution in [1.82, 2.24) is 4.98 Å². The van der Waals surface area contributed by atoms with E-state index in [0.717, 1.165) is 4.70 Å². The van der Waals surface area contributed by atoms with Gasteiger partial charge in [0.2, 0.25) is 0 Å². The molecule has 0 spiro atoms. The summed E-state index contributed by atoms with van der Waals surface area (Å²) in [5.41, 5.74) is 0.714. The molecule has 0 radical (unpaired) electrons. The second-order valence-electron chi connectivity index (χ2n) is 3.65. The number of carbonyl (C=O) groups excluding carboxylic acids is 1. The van der Waals surface area contributed by atoms with Crippen molar-refractivity contribution in [2.75, 3.05) is 12.4 Å². The van der Waals surface area contributed by atoms with Crippen LogP contribution in [0.1, 0.15) is 0 Å². The fourth-order valence-electron chi connectivity index (χ4n) is 1.38. The highest BCUT2D eigenvalue weighted by molar-refractivity contribution is 8.01. The summed E-state index contributed by atoms with van der Waals surface area (Å²) < 4.78 is 6.25. The maximum Gasteiger partial charge on any atom is 0.316 e. The van der Waals surface area contributed by atoms with E-state index in [4.69, 9.17) is 4.74 Å². The Labute approximate surface area is 122 Å². The van der Waals surface area contributed by atoms with Gasteiger partial charge in [-0.3, -0.25) is 14.9 Å². The number of thioether (sulfide) groups is 1. The van der Waals surface area contributed by atoms with Crippen molar-refractivity contribution >= 4 is 45.0 Å². The lowest BCUT2D eigenvalue weighted by Crippen LogP contribution is -2.06. The first-order valence-corrected chi connectivity index (χ1v) is 7.34. The van der Waals surface area contributed by atoms with E-state index < -0.39 is 4.92 Å². The molecule has 104 valence electrons. The second kappa shape index (κ2) is 6.49. The molecule has 20 heavy (non-hydrogen) atoms. The number of hydrogen-bond donors (Lipinski definition) is 0. The van der Waals surface area contributed by atoms with Crippen molar-refractivity contribution in [3.63, 3.8) is 0 Å². The molecule has 0 aliphatic carbocycles. The molecule has 0 N–H and O–H groups in total. The molecular formula is C12H10N2O4S2. The maximum atomic E-state index is 11.3. The molecule has 8 heteroatoms. The molecule has 0 saturated carbocycles. The van der Waals surface area contributed by atoms with Crippen LogP contribution in [0.5, 0.6) is 0 Å². The predicted octanol–water partition coefficient (Wildman–Crippen LogP) is 3.03. The zero-order chi connectivity index (χ0) is 14.5. The van der Waals surface area contributed by atoms with Crippen LogP contribution in [0.2, 0.25) is 0 Å². The minimum absolute atomic E-state index is 0.0306. The quantitative estimate of drug-likeness (QED) is 0.268. The van der Waals surface area contributed by atoms with Gasteiger partial charge in [0.25, 0.3) is 5.69 Å². The molecule has 0 atom stereocenters. The van der Waals surface area contributed by atoms with Crippen LogP contribution in [0.15, 0.2) is 35.2 Å². The Bertz CT molecular complexity index is 669. The molecule has 2 aromatic rings. The van der Waals surface area contributed by atoms with Crippen molar-refractivity contribution in [2.45, 2.75) is 4.34 Å². The zero-order valence-electron chi connectivity index (χ0n) is 10.3. The lowest BCUT2D eigenvalue weighted by atomic mass is 10.3. The van der Waals surface area contributed by atoms with Crippen LogP contribution in [0.25, 0.3) is 10.2 Å². The van der Waals surface area contributed by atoms with Crippen molar-refractivity contribution in [1.29, 1.82) is 0 Å². The Morgan fingerprint density at radius 2 is 2.40 bits per heavy atom. The van der Waals surface area contributed by atoms with E-state index in [1.54, 1.807) is 6.07 Å². The Morgan fingerprint density at radius 3 is 3.10 bits per heavy atom. The van der Waals surface area contributed by atoms with Crippen molar-refractivity contribution in [2.24, 2.45) is 0 Å². The predicted molar refractivity (Wildman–Crippen MR) is 78.2 cm³/mol. The molecule has 0 unspecified atom stereocenters. The Kier molecular flexibility index (Phi) is 4.70. The van der Waals surface area contributed by atoms with Gasteiger partial charge in [-0.2, -0.15) is 0 Å². The van der Waals surface area contributed by atoms with Gasteiger partial charge in [0.1, 0.15) is 6.61 Å². The molecule has 0 bridgehead atoms. The third-order valence-electron chi connectivity index (χ3n) is 2.24. The lowest BCUT2D eigenvalue weighted by Gasteiger charge is -1.98. The highest BCUT2D eigenvalue weighted by Crippen LogP contribution is 2.31. The van der Waals surface area contributed by atoms with Gasteiger partial charge in [0.15, 0.2) is 4.34 Å². The van der Waals surface area contributed by atoms with Crippen LogP contribution in [0.3, 0.4) is 0 Å². The fourth-order valence-corrected chi connectivity index (χ4v) is 3.28. The van der Waals surface area contributed by atoms with Gasteiger partial charge in [-0.05, 0) is 6.07 Å². The topological polar surface area (TPSA) is 82.3 Å². The van der Waals surface area contributed by atoms with Gasteiger partial charge < -0.3 is 4.74 Å². The number of thiazole rings is 1. The van der Waals surface area contributed by atoms with E-state index >= 15 is 0 Å². The average Bonchev–Trinajstić information content (AvgIpc) is 2.84. The molecule has 1 aromatic carbocycles. The summed E-state index contributed by atoms with van der Waals surface area (Å²) in [4.78, 5) is 25.9.